The lowest BCUT2D eigenvalue weighted by Gasteiger charge is -2.13. The molecule has 15 heavy (non-hydrogen) atoms. The number of primary amides is 1. The van der Waals surface area contributed by atoms with E-state index in [4.69, 9.17) is 10.5 Å². The average Bonchev–Trinajstić information content (AvgIpc) is 2.19. The number of ether oxygens (including phenoxy) is 1. The molecule has 1 aromatic carbocycles. The lowest BCUT2D eigenvalue weighted by Crippen LogP contribution is -2.16. The minimum Gasteiger partial charge on any atom is -0.410 e. The van der Waals surface area contributed by atoms with E-state index >= 15 is 0 Å². The molecule has 0 unspecified atom stereocenters. The summed E-state index contributed by atoms with van der Waals surface area (Å²) >= 11 is 0. The van der Waals surface area contributed by atoms with Crippen LogP contribution in [-0.4, -0.2) is 6.09 Å². The summed E-state index contributed by atoms with van der Waals surface area (Å²) in [6.07, 6.45) is 1.39. The quantitative estimate of drug-likeness (QED) is 0.825. The Kier molecular flexibility index (Phi) is 4.16. The summed E-state index contributed by atoms with van der Waals surface area (Å²) in [5.41, 5.74) is 6.15. The zero-order valence-corrected chi connectivity index (χ0v) is 9.19. The molecule has 3 heteroatoms. The molecule has 0 aliphatic heterocycles. The standard InChI is InChI=1S/C12H17NO2/c1-3-9(4-2)10-6-5-7-11(8-10)15-12(13)14/h5-9H,3-4H2,1-2H3,(H2,13,14). The Bertz CT molecular complexity index is 332. The van der Waals surface area contributed by atoms with E-state index in [1.54, 1.807) is 6.07 Å². The van der Waals surface area contributed by atoms with Crippen LogP contribution in [0.3, 0.4) is 0 Å². The van der Waals surface area contributed by atoms with Gasteiger partial charge in [-0.05, 0) is 36.5 Å². The Balaban J connectivity index is 2.86. The molecule has 0 fully saturated rings. The smallest absolute Gasteiger partial charge is 0.409 e. The van der Waals surface area contributed by atoms with E-state index in [-0.39, 0.29) is 0 Å². The molecule has 1 aromatic rings. The van der Waals surface area contributed by atoms with Crippen molar-refractivity contribution in [2.45, 2.75) is 32.6 Å². The first-order valence-corrected chi connectivity index (χ1v) is 5.24. The molecule has 0 aliphatic rings. The maximum atomic E-state index is 10.6. The highest BCUT2D eigenvalue weighted by Crippen LogP contribution is 2.25. The van der Waals surface area contributed by atoms with Crippen LogP contribution < -0.4 is 10.5 Å². The van der Waals surface area contributed by atoms with E-state index in [1.807, 2.05) is 18.2 Å². The Morgan fingerprint density at radius 2 is 2.07 bits per heavy atom. The fourth-order valence-corrected chi connectivity index (χ4v) is 1.71. The van der Waals surface area contributed by atoms with Gasteiger partial charge in [0.15, 0.2) is 0 Å². The SMILES string of the molecule is CCC(CC)c1cccc(OC(N)=O)c1. The normalized spacial score (nSPS) is 10.3. The molecule has 0 bridgehead atoms. The van der Waals surface area contributed by atoms with Crippen molar-refractivity contribution < 1.29 is 9.53 Å². The molecule has 0 saturated carbocycles. The van der Waals surface area contributed by atoms with Crippen molar-refractivity contribution in [3.8, 4) is 5.75 Å². The molecule has 0 radical (unpaired) electrons. The highest BCUT2D eigenvalue weighted by molar-refractivity contribution is 5.68. The number of carbonyl (C=O) groups is 1. The molecule has 0 heterocycles. The topological polar surface area (TPSA) is 52.3 Å². The van der Waals surface area contributed by atoms with Crippen molar-refractivity contribution in [3.05, 3.63) is 29.8 Å². The second-order valence-corrected chi connectivity index (χ2v) is 3.51. The average molecular weight is 207 g/mol. The van der Waals surface area contributed by atoms with Gasteiger partial charge in [0, 0.05) is 0 Å². The fourth-order valence-electron chi connectivity index (χ4n) is 1.71. The van der Waals surface area contributed by atoms with Gasteiger partial charge in [-0.25, -0.2) is 4.79 Å². The highest BCUT2D eigenvalue weighted by Gasteiger charge is 2.08. The number of nitrogens with two attached hydrogens (primary N) is 1. The summed E-state index contributed by atoms with van der Waals surface area (Å²) in [4.78, 5) is 10.6. The van der Waals surface area contributed by atoms with Crippen molar-refractivity contribution in [3.63, 3.8) is 0 Å². The molecule has 1 rings (SSSR count). The van der Waals surface area contributed by atoms with Gasteiger partial charge >= 0.3 is 6.09 Å². The minimum absolute atomic E-state index is 0.515. The third-order valence-corrected chi connectivity index (χ3v) is 2.53. The predicted molar refractivity (Wildman–Crippen MR) is 60.0 cm³/mol. The van der Waals surface area contributed by atoms with Gasteiger partial charge in [0.1, 0.15) is 5.75 Å². The molecular weight excluding hydrogens is 190 g/mol. The molecule has 0 aliphatic carbocycles. The van der Waals surface area contributed by atoms with Gasteiger partial charge in [-0.15, -0.1) is 0 Å². The third kappa shape index (κ3) is 3.27. The Hall–Kier alpha value is -1.51. The van der Waals surface area contributed by atoms with Crippen LogP contribution in [0.5, 0.6) is 5.75 Å². The number of amides is 1. The molecule has 0 saturated heterocycles. The summed E-state index contributed by atoms with van der Waals surface area (Å²) in [7, 11) is 0. The summed E-state index contributed by atoms with van der Waals surface area (Å²) in [5, 5.41) is 0. The summed E-state index contributed by atoms with van der Waals surface area (Å²) < 4.78 is 4.83. The van der Waals surface area contributed by atoms with Gasteiger partial charge in [0.05, 0.1) is 0 Å². The second-order valence-electron chi connectivity index (χ2n) is 3.51. The number of hydrogen-bond acceptors (Lipinski definition) is 2. The van der Waals surface area contributed by atoms with Gasteiger partial charge in [-0.3, -0.25) is 0 Å². The Morgan fingerprint density at radius 1 is 1.40 bits per heavy atom. The van der Waals surface area contributed by atoms with E-state index in [0.717, 1.165) is 12.8 Å². The van der Waals surface area contributed by atoms with Crippen LogP contribution in [-0.2, 0) is 0 Å². The Morgan fingerprint density at radius 3 is 2.60 bits per heavy atom. The molecule has 82 valence electrons. The number of hydrogen-bond donors (Lipinski definition) is 1. The Labute approximate surface area is 90.2 Å². The van der Waals surface area contributed by atoms with E-state index in [1.165, 1.54) is 5.56 Å². The predicted octanol–water partition coefficient (Wildman–Crippen LogP) is 3.05. The summed E-state index contributed by atoms with van der Waals surface area (Å²) in [6.45, 7) is 4.30. The van der Waals surface area contributed by atoms with Crippen LogP contribution in [0.4, 0.5) is 4.79 Å². The van der Waals surface area contributed by atoms with Crippen molar-refractivity contribution in [2.75, 3.05) is 0 Å². The highest BCUT2D eigenvalue weighted by atomic mass is 16.5. The molecule has 2 N–H and O–H groups in total. The van der Waals surface area contributed by atoms with Gasteiger partial charge in [-0.1, -0.05) is 26.0 Å². The van der Waals surface area contributed by atoms with Crippen molar-refractivity contribution in [1.82, 2.24) is 0 Å². The molecule has 3 nitrogen and oxygen atoms in total. The zero-order chi connectivity index (χ0) is 11.3. The molecular formula is C12H17NO2. The largest absolute Gasteiger partial charge is 0.410 e. The zero-order valence-electron chi connectivity index (χ0n) is 9.19. The van der Waals surface area contributed by atoms with Crippen molar-refractivity contribution in [2.24, 2.45) is 5.73 Å². The summed E-state index contributed by atoms with van der Waals surface area (Å²) in [6, 6.07) is 7.54. The number of rotatable bonds is 4. The van der Waals surface area contributed by atoms with E-state index in [9.17, 15) is 4.79 Å². The van der Waals surface area contributed by atoms with Crippen LogP contribution in [0.1, 0.15) is 38.2 Å². The van der Waals surface area contributed by atoms with Crippen LogP contribution in [0.15, 0.2) is 24.3 Å². The maximum absolute atomic E-state index is 10.6. The molecule has 0 spiro atoms. The van der Waals surface area contributed by atoms with Crippen LogP contribution in [0, 0.1) is 0 Å². The number of carbonyl (C=O) groups excluding carboxylic acids is 1. The first kappa shape index (κ1) is 11.6. The lowest BCUT2D eigenvalue weighted by molar-refractivity contribution is 0.211. The van der Waals surface area contributed by atoms with Crippen molar-refractivity contribution in [1.29, 1.82) is 0 Å². The monoisotopic (exact) mass is 207 g/mol. The molecule has 1 amide bonds. The van der Waals surface area contributed by atoms with E-state index in [0.29, 0.717) is 11.7 Å². The van der Waals surface area contributed by atoms with Crippen LogP contribution >= 0.6 is 0 Å². The van der Waals surface area contributed by atoms with Crippen LogP contribution in [0.25, 0.3) is 0 Å². The van der Waals surface area contributed by atoms with Gasteiger partial charge in [0.25, 0.3) is 0 Å². The molecule has 0 atom stereocenters. The van der Waals surface area contributed by atoms with Crippen LogP contribution in [0.2, 0.25) is 0 Å². The van der Waals surface area contributed by atoms with E-state index < -0.39 is 6.09 Å². The first-order chi connectivity index (χ1) is 7.17. The number of benzene rings is 1. The van der Waals surface area contributed by atoms with Crippen molar-refractivity contribution >= 4 is 6.09 Å². The first-order valence-electron chi connectivity index (χ1n) is 5.24. The van der Waals surface area contributed by atoms with E-state index in [2.05, 4.69) is 13.8 Å². The molecule has 0 aromatic heterocycles. The second kappa shape index (κ2) is 5.39. The summed E-state index contributed by atoms with van der Waals surface area (Å²) in [5.74, 6) is 1.04. The fraction of sp³-hybridized carbons (Fsp3) is 0.417. The van der Waals surface area contributed by atoms with Gasteiger partial charge in [0.2, 0.25) is 0 Å². The maximum Gasteiger partial charge on any atom is 0.409 e. The minimum atomic E-state index is -0.767. The van der Waals surface area contributed by atoms with Gasteiger partial charge < -0.3 is 10.5 Å². The van der Waals surface area contributed by atoms with Gasteiger partial charge in [-0.2, -0.15) is 0 Å². The lowest BCUT2D eigenvalue weighted by atomic mass is 9.94. The third-order valence-electron chi connectivity index (χ3n) is 2.53.